The summed E-state index contributed by atoms with van der Waals surface area (Å²) in [5, 5.41) is 0. The van der Waals surface area contributed by atoms with E-state index in [1.807, 2.05) is 25.8 Å². The second kappa shape index (κ2) is 5.35. The molecule has 1 unspecified atom stereocenters. The van der Waals surface area contributed by atoms with E-state index in [9.17, 15) is 4.79 Å². The van der Waals surface area contributed by atoms with Crippen molar-refractivity contribution in [1.29, 1.82) is 0 Å². The zero-order valence-corrected chi connectivity index (χ0v) is 10.3. The van der Waals surface area contributed by atoms with Gasteiger partial charge in [0.15, 0.2) is 0 Å². The second-order valence-electron chi connectivity index (χ2n) is 4.90. The molecule has 0 saturated carbocycles. The third-order valence-corrected chi connectivity index (χ3v) is 2.01. The topological polar surface area (TPSA) is 29.5 Å². The molecule has 0 aromatic heterocycles. The molecule has 0 aromatic carbocycles. The second-order valence-corrected chi connectivity index (χ2v) is 4.90. The van der Waals surface area contributed by atoms with Crippen LogP contribution in [0.2, 0.25) is 0 Å². The van der Waals surface area contributed by atoms with Gasteiger partial charge < -0.3 is 4.74 Å². The van der Waals surface area contributed by atoms with E-state index in [0.29, 0.717) is 6.61 Å². The molecule has 14 heavy (non-hydrogen) atoms. The fourth-order valence-electron chi connectivity index (χ4n) is 1.33. The highest BCUT2D eigenvalue weighted by molar-refractivity contribution is 5.75. The average Bonchev–Trinajstić information content (AvgIpc) is 2.00. The first-order chi connectivity index (χ1) is 6.28. The first kappa shape index (κ1) is 13.4. The van der Waals surface area contributed by atoms with Gasteiger partial charge in [-0.25, -0.2) is 0 Å². The largest absolute Gasteiger partial charge is 0.465 e. The Morgan fingerprint density at radius 2 is 1.93 bits per heavy atom. The Morgan fingerprint density at radius 3 is 2.29 bits per heavy atom. The van der Waals surface area contributed by atoms with Crippen LogP contribution in [0.5, 0.6) is 0 Å². The van der Waals surface area contributed by atoms with Crippen LogP contribution in [0.25, 0.3) is 0 Å². The Bertz CT molecular complexity index is 184. The summed E-state index contributed by atoms with van der Waals surface area (Å²) in [6, 6.07) is -0.158. The van der Waals surface area contributed by atoms with Crippen LogP contribution < -0.4 is 0 Å². The third-order valence-electron chi connectivity index (χ3n) is 2.01. The summed E-state index contributed by atoms with van der Waals surface area (Å²) in [7, 11) is 1.95. The minimum absolute atomic E-state index is 0.140. The first-order valence-corrected chi connectivity index (χ1v) is 5.15. The van der Waals surface area contributed by atoms with E-state index < -0.39 is 0 Å². The van der Waals surface area contributed by atoms with Gasteiger partial charge in [-0.3, -0.25) is 9.69 Å². The Hall–Kier alpha value is -0.570. The van der Waals surface area contributed by atoms with Crippen LogP contribution in [0.4, 0.5) is 0 Å². The number of carbonyl (C=O) groups is 1. The Labute approximate surface area is 87.4 Å². The van der Waals surface area contributed by atoms with E-state index in [-0.39, 0.29) is 17.4 Å². The molecule has 0 bridgehead atoms. The molecule has 0 N–H and O–H groups in total. The minimum Gasteiger partial charge on any atom is -0.465 e. The summed E-state index contributed by atoms with van der Waals surface area (Å²) in [5.41, 5.74) is 0.204. The molecule has 0 radical (unpaired) electrons. The van der Waals surface area contributed by atoms with Crippen LogP contribution in [-0.2, 0) is 9.53 Å². The Kier molecular flexibility index (Phi) is 5.13. The summed E-state index contributed by atoms with van der Waals surface area (Å²) < 4.78 is 4.96. The predicted octanol–water partition coefficient (Wildman–Crippen LogP) is 1.92. The molecular formula is C11H23NO2. The molecule has 3 nitrogen and oxygen atoms in total. The molecule has 1 atom stereocenters. The zero-order valence-electron chi connectivity index (χ0n) is 10.3. The molecule has 0 fully saturated rings. The lowest BCUT2D eigenvalue weighted by Gasteiger charge is -2.29. The van der Waals surface area contributed by atoms with Gasteiger partial charge in [-0.15, -0.1) is 0 Å². The molecule has 0 rings (SSSR count). The molecule has 0 aliphatic rings. The smallest absolute Gasteiger partial charge is 0.323 e. The highest BCUT2D eigenvalue weighted by Gasteiger charge is 2.23. The van der Waals surface area contributed by atoms with E-state index in [2.05, 4.69) is 20.8 Å². The van der Waals surface area contributed by atoms with Gasteiger partial charge in [-0.1, -0.05) is 20.8 Å². The van der Waals surface area contributed by atoms with Gasteiger partial charge in [0.2, 0.25) is 0 Å². The molecule has 0 heterocycles. The SMILES string of the molecule is CCOC(=O)C(C)N(C)CC(C)(C)C. The lowest BCUT2D eigenvalue weighted by atomic mass is 9.96. The number of carbonyl (C=O) groups excluding carboxylic acids is 1. The van der Waals surface area contributed by atoms with Crippen molar-refractivity contribution < 1.29 is 9.53 Å². The van der Waals surface area contributed by atoms with Crippen molar-refractivity contribution in [3.8, 4) is 0 Å². The molecular weight excluding hydrogens is 178 g/mol. The van der Waals surface area contributed by atoms with E-state index in [4.69, 9.17) is 4.74 Å². The van der Waals surface area contributed by atoms with Gasteiger partial charge in [0.25, 0.3) is 0 Å². The molecule has 0 saturated heterocycles. The third kappa shape index (κ3) is 5.22. The molecule has 0 amide bonds. The van der Waals surface area contributed by atoms with E-state index in [1.165, 1.54) is 0 Å². The number of hydrogen-bond acceptors (Lipinski definition) is 3. The quantitative estimate of drug-likeness (QED) is 0.651. The summed E-state index contributed by atoms with van der Waals surface area (Å²) in [5.74, 6) is -0.140. The highest BCUT2D eigenvalue weighted by Crippen LogP contribution is 2.15. The molecule has 0 aromatic rings. The van der Waals surface area contributed by atoms with Crippen LogP contribution in [0.1, 0.15) is 34.6 Å². The minimum atomic E-state index is -0.158. The lowest BCUT2D eigenvalue weighted by molar-refractivity contribution is -0.148. The van der Waals surface area contributed by atoms with E-state index in [0.717, 1.165) is 6.54 Å². The normalized spacial score (nSPS) is 14.2. The number of rotatable bonds is 4. The number of ether oxygens (including phenoxy) is 1. The summed E-state index contributed by atoms with van der Waals surface area (Å²) in [4.78, 5) is 13.4. The summed E-state index contributed by atoms with van der Waals surface area (Å²) >= 11 is 0. The fraction of sp³-hybridized carbons (Fsp3) is 0.909. The molecule has 3 heteroatoms. The Balaban J connectivity index is 4.11. The van der Waals surface area contributed by atoms with Crippen LogP contribution in [0, 0.1) is 5.41 Å². The predicted molar refractivity (Wildman–Crippen MR) is 58.2 cm³/mol. The number of hydrogen-bond donors (Lipinski definition) is 0. The summed E-state index contributed by atoms with van der Waals surface area (Å²) in [6.07, 6.45) is 0. The zero-order chi connectivity index (χ0) is 11.4. The van der Waals surface area contributed by atoms with Gasteiger partial charge in [0.1, 0.15) is 6.04 Å². The fourth-order valence-corrected chi connectivity index (χ4v) is 1.33. The molecule has 84 valence electrons. The van der Waals surface area contributed by atoms with Crippen molar-refractivity contribution in [1.82, 2.24) is 4.90 Å². The van der Waals surface area contributed by atoms with Crippen molar-refractivity contribution in [3.05, 3.63) is 0 Å². The van der Waals surface area contributed by atoms with Gasteiger partial charge in [0, 0.05) is 6.54 Å². The lowest BCUT2D eigenvalue weighted by Crippen LogP contribution is -2.41. The number of likely N-dealkylation sites (N-methyl/N-ethyl adjacent to an activating group) is 1. The van der Waals surface area contributed by atoms with Gasteiger partial charge >= 0.3 is 5.97 Å². The monoisotopic (exact) mass is 201 g/mol. The van der Waals surface area contributed by atoms with Crippen LogP contribution in [-0.4, -0.2) is 37.1 Å². The molecule has 0 spiro atoms. The maximum atomic E-state index is 11.4. The van der Waals surface area contributed by atoms with E-state index >= 15 is 0 Å². The van der Waals surface area contributed by atoms with Crippen LogP contribution in [0.15, 0.2) is 0 Å². The Morgan fingerprint density at radius 1 is 1.43 bits per heavy atom. The van der Waals surface area contributed by atoms with Crippen molar-refractivity contribution in [2.75, 3.05) is 20.2 Å². The molecule has 0 aliphatic carbocycles. The standard InChI is InChI=1S/C11H23NO2/c1-7-14-10(13)9(2)12(6)8-11(3,4)5/h9H,7-8H2,1-6H3. The van der Waals surface area contributed by atoms with Crippen molar-refractivity contribution in [3.63, 3.8) is 0 Å². The maximum absolute atomic E-state index is 11.4. The van der Waals surface area contributed by atoms with Crippen molar-refractivity contribution >= 4 is 5.97 Å². The summed E-state index contributed by atoms with van der Waals surface area (Å²) in [6.45, 7) is 11.5. The van der Waals surface area contributed by atoms with Crippen molar-refractivity contribution in [2.24, 2.45) is 5.41 Å². The molecule has 0 aliphatic heterocycles. The average molecular weight is 201 g/mol. The van der Waals surface area contributed by atoms with Gasteiger partial charge in [-0.2, -0.15) is 0 Å². The van der Waals surface area contributed by atoms with Gasteiger partial charge in [0.05, 0.1) is 6.61 Å². The van der Waals surface area contributed by atoms with Crippen molar-refractivity contribution in [2.45, 2.75) is 40.7 Å². The number of nitrogens with zero attached hydrogens (tertiary/aromatic N) is 1. The van der Waals surface area contributed by atoms with Gasteiger partial charge in [-0.05, 0) is 26.3 Å². The van der Waals surface area contributed by atoms with E-state index in [1.54, 1.807) is 0 Å². The number of esters is 1. The highest BCUT2D eigenvalue weighted by atomic mass is 16.5. The van der Waals surface area contributed by atoms with Crippen LogP contribution >= 0.6 is 0 Å². The van der Waals surface area contributed by atoms with Crippen LogP contribution in [0.3, 0.4) is 0 Å². The first-order valence-electron chi connectivity index (χ1n) is 5.15. The maximum Gasteiger partial charge on any atom is 0.323 e.